The van der Waals surface area contributed by atoms with E-state index in [4.69, 9.17) is 0 Å². The molecule has 15 heteroatoms. The first-order valence-corrected chi connectivity index (χ1v) is 11.2. The molecule has 1 aromatic rings. The molecule has 1 unspecified atom stereocenters. The quantitative estimate of drug-likeness (QED) is 0.535. The molecule has 2 heterocycles. The van der Waals surface area contributed by atoms with Gasteiger partial charge in [0.25, 0.3) is 0 Å². The summed E-state index contributed by atoms with van der Waals surface area (Å²) in [6, 6.07) is -1.14. The van der Waals surface area contributed by atoms with Crippen LogP contribution in [-0.2, 0) is 27.2 Å². The Morgan fingerprint density at radius 3 is 1.88 bits per heavy atom. The van der Waals surface area contributed by atoms with E-state index in [2.05, 4.69) is 5.32 Å². The number of halogens is 6. The van der Waals surface area contributed by atoms with E-state index in [0.717, 1.165) is 0 Å². The van der Waals surface area contributed by atoms with Gasteiger partial charge in [-0.25, -0.2) is 17.9 Å². The Labute approximate surface area is 184 Å². The van der Waals surface area contributed by atoms with Crippen LogP contribution in [0.2, 0.25) is 0 Å². The topological polar surface area (TPSA) is 116 Å². The molecule has 2 aliphatic heterocycles. The SMILES string of the molecule is O=C(CNS(=O)(=O)c1cc(C(F)(F)F)cc(C(F)(F)F)c1)NC1C[C@H]2CC[C@@H](C1)N2C(=O)O. The summed E-state index contributed by atoms with van der Waals surface area (Å²) in [6.45, 7) is -0.922. The summed E-state index contributed by atoms with van der Waals surface area (Å²) in [4.78, 5) is 23.5. The van der Waals surface area contributed by atoms with Gasteiger partial charge in [-0.2, -0.15) is 26.3 Å². The molecular weight excluding hydrogens is 484 g/mol. The molecule has 0 saturated carbocycles. The Morgan fingerprint density at radius 2 is 1.45 bits per heavy atom. The van der Waals surface area contributed by atoms with Crippen molar-refractivity contribution in [3.05, 3.63) is 29.3 Å². The van der Waals surface area contributed by atoms with E-state index in [0.29, 0.717) is 25.7 Å². The minimum absolute atomic E-state index is 0.0504. The van der Waals surface area contributed by atoms with E-state index in [1.54, 1.807) is 4.72 Å². The number of amides is 2. The molecule has 8 nitrogen and oxygen atoms in total. The first-order chi connectivity index (χ1) is 15.1. The van der Waals surface area contributed by atoms with Crippen molar-refractivity contribution in [1.29, 1.82) is 0 Å². The summed E-state index contributed by atoms with van der Waals surface area (Å²) >= 11 is 0. The van der Waals surface area contributed by atoms with Crippen molar-refractivity contribution < 1.29 is 49.5 Å². The second-order valence-electron chi connectivity index (χ2n) is 7.88. The van der Waals surface area contributed by atoms with Crippen LogP contribution >= 0.6 is 0 Å². The zero-order valence-corrected chi connectivity index (χ0v) is 17.5. The summed E-state index contributed by atoms with van der Waals surface area (Å²) in [5.41, 5.74) is -3.61. The third-order valence-electron chi connectivity index (χ3n) is 5.61. The highest BCUT2D eigenvalue weighted by Gasteiger charge is 2.44. The van der Waals surface area contributed by atoms with E-state index in [-0.39, 0.29) is 30.3 Å². The molecule has 2 fully saturated rings. The van der Waals surface area contributed by atoms with Crippen LogP contribution in [0.5, 0.6) is 0 Å². The molecule has 2 bridgehead atoms. The number of benzene rings is 1. The Hall–Kier alpha value is -2.55. The van der Waals surface area contributed by atoms with E-state index in [1.807, 2.05) is 0 Å². The molecule has 33 heavy (non-hydrogen) atoms. The second-order valence-corrected chi connectivity index (χ2v) is 9.64. The second kappa shape index (κ2) is 8.66. The van der Waals surface area contributed by atoms with Gasteiger partial charge < -0.3 is 15.3 Å². The van der Waals surface area contributed by atoms with Crippen LogP contribution in [0.25, 0.3) is 0 Å². The molecule has 2 saturated heterocycles. The van der Waals surface area contributed by atoms with E-state index in [1.165, 1.54) is 4.90 Å². The van der Waals surface area contributed by atoms with Gasteiger partial charge in [0.05, 0.1) is 22.6 Å². The summed E-state index contributed by atoms with van der Waals surface area (Å²) in [6.07, 6.45) is -9.67. The Balaban J connectivity index is 1.68. The van der Waals surface area contributed by atoms with Gasteiger partial charge in [0.2, 0.25) is 15.9 Å². The maximum absolute atomic E-state index is 13.0. The van der Waals surface area contributed by atoms with Crippen molar-refractivity contribution in [3.63, 3.8) is 0 Å². The molecule has 0 aromatic heterocycles. The fraction of sp³-hybridized carbons (Fsp3) is 0.556. The molecule has 2 amide bonds. The van der Waals surface area contributed by atoms with Crippen molar-refractivity contribution in [1.82, 2.24) is 14.9 Å². The normalized spacial score (nSPS) is 23.5. The molecule has 0 spiro atoms. The highest BCUT2D eigenvalue weighted by atomic mass is 32.2. The van der Waals surface area contributed by atoms with Gasteiger partial charge in [0, 0.05) is 18.1 Å². The number of hydrogen-bond acceptors (Lipinski definition) is 4. The predicted molar refractivity (Wildman–Crippen MR) is 99.5 cm³/mol. The maximum Gasteiger partial charge on any atom is 0.416 e. The lowest BCUT2D eigenvalue weighted by Crippen LogP contribution is -2.53. The van der Waals surface area contributed by atoms with Gasteiger partial charge >= 0.3 is 18.4 Å². The van der Waals surface area contributed by atoms with Gasteiger partial charge in [0.15, 0.2) is 0 Å². The summed E-state index contributed by atoms with van der Waals surface area (Å²) in [7, 11) is -4.89. The summed E-state index contributed by atoms with van der Waals surface area (Å²) in [5.74, 6) is -0.852. The Bertz CT molecular complexity index is 997. The largest absolute Gasteiger partial charge is 0.465 e. The highest BCUT2D eigenvalue weighted by molar-refractivity contribution is 7.89. The standard InChI is InChI=1S/C18H19F6N3O5S/c19-17(20,21)9-3-10(18(22,23)24)5-14(4-9)33(31,32)25-8-15(28)26-11-6-12-1-2-13(7-11)27(12)16(29)30/h3-5,11-13,25H,1-2,6-8H2,(H,26,28)(H,29,30)/t11?,12-,13+. The first-order valence-electron chi connectivity index (χ1n) is 9.67. The number of carbonyl (C=O) groups is 2. The molecule has 184 valence electrons. The lowest BCUT2D eigenvalue weighted by molar-refractivity contribution is -0.143. The van der Waals surface area contributed by atoms with Crippen molar-refractivity contribution in [2.75, 3.05) is 6.54 Å². The first kappa shape index (κ1) is 25.1. The lowest BCUT2D eigenvalue weighted by atomic mass is 9.98. The zero-order chi connectivity index (χ0) is 24.8. The van der Waals surface area contributed by atoms with Gasteiger partial charge in [-0.1, -0.05) is 0 Å². The fourth-order valence-corrected chi connectivity index (χ4v) is 5.26. The Kier molecular flexibility index (Phi) is 6.59. The van der Waals surface area contributed by atoms with Gasteiger partial charge in [-0.15, -0.1) is 0 Å². The number of rotatable bonds is 5. The third-order valence-corrected chi connectivity index (χ3v) is 6.99. The monoisotopic (exact) mass is 503 g/mol. The van der Waals surface area contributed by atoms with Crippen LogP contribution < -0.4 is 10.0 Å². The molecule has 3 N–H and O–H groups in total. The van der Waals surface area contributed by atoms with Gasteiger partial charge in [0.1, 0.15) is 0 Å². The fourth-order valence-electron chi connectivity index (χ4n) is 4.21. The highest BCUT2D eigenvalue weighted by Crippen LogP contribution is 2.37. The average molecular weight is 503 g/mol. The number of fused-ring (bicyclic) bond motifs is 2. The minimum Gasteiger partial charge on any atom is -0.465 e. The number of sulfonamides is 1. The van der Waals surface area contributed by atoms with Gasteiger partial charge in [-0.3, -0.25) is 4.79 Å². The number of hydrogen-bond donors (Lipinski definition) is 3. The molecule has 0 radical (unpaired) electrons. The molecule has 2 aliphatic rings. The van der Waals surface area contributed by atoms with Crippen molar-refractivity contribution in [3.8, 4) is 0 Å². The summed E-state index contributed by atoms with van der Waals surface area (Å²) in [5, 5.41) is 11.8. The van der Waals surface area contributed by atoms with Crippen LogP contribution in [0, 0.1) is 0 Å². The van der Waals surface area contributed by atoms with E-state index < -0.39 is 63.0 Å². The van der Waals surface area contributed by atoms with Crippen LogP contribution in [0.1, 0.15) is 36.8 Å². The number of nitrogens with one attached hydrogen (secondary N) is 2. The average Bonchev–Trinajstić information content (AvgIpc) is 2.96. The lowest BCUT2D eigenvalue weighted by Gasteiger charge is -2.37. The minimum atomic E-state index is -5.23. The van der Waals surface area contributed by atoms with Crippen LogP contribution in [0.3, 0.4) is 0 Å². The number of piperidine rings is 1. The van der Waals surface area contributed by atoms with E-state index >= 15 is 0 Å². The molecule has 0 aliphatic carbocycles. The molecular formula is C18H19F6N3O5S. The summed E-state index contributed by atoms with van der Waals surface area (Å²) < 4.78 is 104. The van der Waals surface area contributed by atoms with Crippen molar-refractivity contribution in [2.24, 2.45) is 0 Å². The van der Waals surface area contributed by atoms with Crippen molar-refractivity contribution in [2.45, 2.75) is 61.1 Å². The smallest absolute Gasteiger partial charge is 0.416 e. The predicted octanol–water partition coefficient (Wildman–Crippen LogP) is 2.79. The number of carbonyl (C=O) groups excluding carboxylic acids is 1. The number of carboxylic acid groups (broad SMARTS) is 1. The van der Waals surface area contributed by atoms with Crippen molar-refractivity contribution >= 4 is 22.0 Å². The maximum atomic E-state index is 13.0. The number of nitrogens with zero attached hydrogens (tertiary/aromatic N) is 1. The third kappa shape index (κ3) is 5.69. The van der Waals surface area contributed by atoms with Crippen LogP contribution in [0.15, 0.2) is 23.1 Å². The van der Waals surface area contributed by atoms with Crippen LogP contribution in [0.4, 0.5) is 31.1 Å². The van der Waals surface area contributed by atoms with E-state index in [9.17, 15) is 49.5 Å². The molecule has 3 rings (SSSR count). The Morgan fingerprint density at radius 1 is 0.970 bits per heavy atom. The molecule has 1 aromatic carbocycles. The van der Waals surface area contributed by atoms with Crippen LogP contribution in [-0.4, -0.2) is 55.1 Å². The van der Waals surface area contributed by atoms with Gasteiger partial charge in [-0.05, 0) is 43.9 Å². The molecule has 3 atom stereocenters. The zero-order valence-electron chi connectivity index (χ0n) is 16.7. The number of alkyl halides is 6.